The van der Waals surface area contributed by atoms with Gasteiger partial charge in [-0.05, 0) is 49.2 Å². The maximum atomic E-state index is 13.1. The number of halogens is 1. The number of Topliss-reactive ketones (excluding diaryl/α,β-unsaturated/α-hetero) is 1. The van der Waals surface area contributed by atoms with Crippen LogP contribution in [0.1, 0.15) is 30.9 Å². The molecule has 0 radical (unpaired) electrons. The standard InChI is InChI=1S/C24H19FN6O3S2/c25-13-6-8-14(9-7-13)28-19(33)12-35-24-30-29-23(36-24)31-16-3-1-4-17(32)21(16)20(15(11-26)22(31)27)18-5-2-10-34-18/h2,5-10,20H,1,3-4,12,27H2,(H,28,33). The van der Waals surface area contributed by atoms with Crippen LogP contribution in [0, 0.1) is 17.1 Å². The molecule has 1 unspecified atom stereocenters. The first-order chi connectivity index (χ1) is 17.5. The molecule has 0 saturated carbocycles. The molecule has 1 aromatic carbocycles. The number of anilines is 2. The van der Waals surface area contributed by atoms with Crippen LogP contribution in [0.2, 0.25) is 0 Å². The van der Waals surface area contributed by atoms with Gasteiger partial charge in [-0.2, -0.15) is 5.26 Å². The number of furan rings is 1. The Bertz CT molecular complexity index is 1420. The molecule has 3 heterocycles. The van der Waals surface area contributed by atoms with Crippen LogP contribution in [0.25, 0.3) is 0 Å². The highest BCUT2D eigenvalue weighted by Gasteiger charge is 2.42. The topological polar surface area (TPSA) is 138 Å². The summed E-state index contributed by atoms with van der Waals surface area (Å²) in [6, 6.07) is 11.1. The molecular weight excluding hydrogens is 503 g/mol. The molecule has 1 amide bonds. The molecule has 1 aliphatic carbocycles. The van der Waals surface area contributed by atoms with Gasteiger partial charge in [0.1, 0.15) is 17.4 Å². The SMILES string of the molecule is N#CC1=C(N)N(c2nnc(SCC(=O)Nc3ccc(F)cc3)s2)C2=C(C(=O)CCC2)C1c1ccco1. The third-order valence-electron chi connectivity index (χ3n) is 5.78. The van der Waals surface area contributed by atoms with Gasteiger partial charge in [0.25, 0.3) is 0 Å². The molecule has 36 heavy (non-hydrogen) atoms. The fraction of sp³-hybridized carbons (Fsp3) is 0.208. The Morgan fingerprint density at radius 1 is 1.31 bits per heavy atom. The van der Waals surface area contributed by atoms with Crippen molar-refractivity contribution < 1.29 is 18.4 Å². The Labute approximate surface area is 213 Å². The van der Waals surface area contributed by atoms with E-state index in [1.807, 2.05) is 0 Å². The molecule has 1 atom stereocenters. The van der Waals surface area contributed by atoms with Gasteiger partial charge in [-0.3, -0.25) is 14.5 Å². The summed E-state index contributed by atoms with van der Waals surface area (Å²) < 4.78 is 19.1. The summed E-state index contributed by atoms with van der Waals surface area (Å²) in [5, 5.41) is 21.5. The van der Waals surface area contributed by atoms with Gasteiger partial charge in [-0.15, -0.1) is 10.2 Å². The molecule has 3 N–H and O–H groups in total. The highest BCUT2D eigenvalue weighted by atomic mass is 32.2. The second-order valence-electron chi connectivity index (χ2n) is 8.03. The number of nitrogens with one attached hydrogen (secondary N) is 1. The largest absolute Gasteiger partial charge is 0.468 e. The highest BCUT2D eigenvalue weighted by molar-refractivity contribution is 8.01. The van der Waals surface area contributed by atoms with E-state index in [4.69, 9.17) is 10.2 Å². The number of nitrogens with zero attached hydrogens (tertiary/aromatic N) is 4. The smallest absolute Gasteiger partial charge is 0.234 e. The number of nitrogens with two attached hydrogens (primary N) is 1. The van der Waals surface area contributed by atoms with Crippen molar-refractivity contribution in [3.63, 3.8) is 0 Å². The first-order valence-electron chi connectivity index (χ1n) is 11.0. The second-order valence-corrected chi connectivity index (χ2v) is 10.2. The summed E-state index contributed by atoms with van der Waals surface area (Å²) in [4.78, 5) is 26.9. The second kappa shape index (κ2) is 9.96. The van der Waals surface area contributed by atoms with Crippen molar-refractivity contribution in [3.8, 4) is 6.07 Å². The van der Waals surface area contributed by atoms with Crippen molar-refractivity contribution in [3.05, 3.63) is 76.9 Å². The zero-order chi connectivity index (χ0) is 25.2. The number of carbonyl (C=O) groups excluding carboxylic acids is 2. The molecule has 0 fully saturated rings. The lowest BCUT2D eigenvalue weighted by Crippen LogP contribution is -2.38. The molecule has 0 bridgehead atoms. The van der Waals surface area contributed by atoms with Crippen LogP contribution in [-0.4, -0.2) is 27.6 Å². The van der Waals surface area contributed by atoms with Crippen LogP contribution in [0.3, 0.4) is 0 Å². The average molecular weight is 523 g/mol. The Morgan fingerprint density at radius 2 is 2.11 bits per heavy atom. The van der Waals surface area contributed by atoms with Gasteiger partial charge in [0.15, 0.2) is 10.1 Å². The van der Waals surface area contributed by atoms with Crippen LogP contribution in [-0.2, 0) is 9.59 Å². The van der Waals surface area contributed by atoms with Crippen LogP contribution in [0.15, 0.2) is 74.1 Å². The van der Waals surface area contributed by atoms with E-state index in [9.17, 15) is 19.2 Å². The van der Waals surface area contributed by atoms with Crippen LogP contribution in [0.4, 0.5) is 15.2 Å². The quantitative estimate of drug-likeness (QED) is 0.454. The summed E-state index contributed by atoms with van der Waals surface area (Å²) in [5.41, 5.74) is 8.36. The van der Waals surface area contributed by atoms with Crippen molar-refractivity contribution in [1.82, 2.24) is 10.2 Å². The summed E-state index contributed by atoms with van der Waals surface area (Å²) >= 11 is 2.39. The van der Waals surface area contributed by atoms with E-state index in [0.717, 1.165) is 0 Å². The minimum Gasteiger partial charge on any atom is -0.468 e. The summed E-state index contributed by atoms with van der Waals surface area (Å²) in [6.45, 7) is 0. The van der Waals surface area contributed by atoms with Crippen LogP contribution >= 0.6 is 23.1 Å². The predicted molar refractivity (Wildman–Crippen MR) is 132 cm³/mol. The molecule has 3 aromatic rings. The number of carbonyl (C=O) groups is 2. The number of ketones is 1. The van der Waals surface area contributed by atoms with Gasteiger partial charge in [0.2, 0.25) is 11.0 Å². The van der Waals surface area contributed by atoms with Gasteiger partial charge in [-0.1, -0.05) is 23.1 Å². The van der Waals surface area contributed by atoms with Crippen molar-refractivity contribution in [1.29, 1.82) is 5.26 Å². The number of hydrogen-bond donors (Lipinski definition) is 2. The molecule has 182 valence electrons. The van der Waals surface area contributed by atoms with E-state index in [1.165, 1.54) is 53.6 Å². The van der Waals surface area contributed by atoms with E-state index in [0.29, 0.717) is 51.5 Å². The van der Waals surface area contributed by atoms with Crippen molar-refractivity contribution in [2.75, 3.05) is 16.0 Å². The lowest BCUT2D eigenvalue weighted by Gasteiger charge is -2.37. The molecular formula is C24H19FN6O3S2. The molecule has 5 rings (SSSR count). The zero-order valence-corrected chi connectivity index (χ0v) is 20.4. The van der Waals surface area contributed by atoms with E-state index < -0.39 is 5.92 Å². The summed E-state index contributed by atoms with van der Waals surface area (Å²) in [5.74, 6) is -0.667. The summed E-state index contributed by atoms with van der Waals surface area (Å²) in [7, 11) is 0. The minimum atomic E-state index is -0.666. The van der Waals surface area contributed by atoms with Gasteiger partial charge < -0.3 is 15.5 Å². The molecule has 1 aliphatic heterocycles. The first-order valence-corrected chi connectivity index (χ1v) is 12.8. The van der Waals surface area contributed by atoms with E-state index in [-0.39, 0.29) is 34.7 Å². The number of nitriles is 1. The molecule has 9 nitrogen and oxygen atoms in total. The normalized spacial score (nSPS) is 17.7. The van der Waals surface area contributed by atoms with Gasteiger partial charge in [-0.25, -0.2) is 4.39 Å². The number of allylic oxidation sites excluding steroid dienone is 3. The summed E-state index contributed by atoms with van der Waals surface area (Å²) in [6.07, 6.45) is 3.11. The monoisotopic (exact) mass is 522 g/mol. The predicted octanol–water partition coefficient (Wildman–Crippen LogP) is 4.31. The Hall–Kier alpha value is -3.95. The lowest BCUT2D eigenvalue weighted by molar-refractivity contribution is -0.116. The first kappa shape index (κ1) is 23.8. The van der Waals surface area contributed by atoms with Crippen LogP contribution in [0.5, 0.6) is 0 Å². The number of hydrogen-bond acceptors (Lipinski definition) is 10. The van der Waals surface area contributed by atoms with Gasteiger partial charge in [0.05, 0.1) is 29.6 Å². The van der Waals surface area contributed by atoms with Gasteiger partial charge in [0, 0.05) is 23.4 Å². The fourth-order valence-electron chi connectivity index (χ4n) is 4.25. The van der Waals surface area contributed by atoms with E-state index >= 15 is 0 Å². The number of amides is 1. The van der Waals surface area contributed by atoms with Crippen LogP contribution < -0.4 is 16.0 Å². The lowest BCUT2D eigenvalue weighted by atomic mass is 9.78. The van der Waals surface area contributed by atoms with Crippen molar-refractivity contribution >= 4 is 45.6 Å². The molecule has 0 spiro atoms. The minimum absolute atomic E-state index is 0.0560. The zero-order valence-electron chi connectivity index (χ0n) is 18.7. The Kier molecular flexibility index (Phi) is 6.58. The Balaban J connectivity index is 1.39. The fourth-order valence-corrected chi connectivity index (χ4v) is 5.93. The molecule has 2 aliphatic rings. The molecule has 2 aromatic heterocycles. The number of thioether (sulfide) groups is 1. The highest BCUT2D eigenvalue weighted by Crippen LogP contribution is 2.47. The number of benzene rings is 1. The third kappa shape index (κ3) is 4.50. The van der Waals surface area contributed by atoms with E-state index in [2.05, 4.69) is 21.6 Å². The third-order valence-corrected chi connectivity index (χ3v) is 7.82. The van der Waals surface area contributed by atoms with Crippen molar-refractivity contribution in [2.45, 2.75) is 29.5 Å². The number of aromatic nitrogens is 2. The molecule has 0 saturated heterocycles. The Morgan fingerprint density at radius 3 is 2.83 bits per heavy atom. The maximum Gasteiger partial charge on any atom is 0.234 e. The number of rotatable bonds is 6. The molecule has 12 heteroatoms. The average Bonchev–Trinajstić information content (AvgIpc) is 3.56. The van der Waals surface area contributed by atoms with Crippen molar-refractivity contribution in [2.24, 2.45) is 5.73 Å². The van der Waals surface area contributed by atoms with Gasteiger partial charge >= 0.3 is 0 Å². The van der Waals surface area contributed by atoms with E-state index in [1.54, 1.807) is 17.0 Å². The maximum absolute atomic E-state index is 13.1.